The molecule has 0 atom stereocenters. The van der Waals surface area contributed by atoms with Crippen molar-refractivity contribution in [2.45, 2.75) is 11.8 Å². The first-order valence-corrected chi connectivity index (χ1v) is 8.73. The first-order chi connectivity index (χ1) is 10.3. The lowest BCUT2D eigenvalue weighted by atomic mass is 10.1. The van der Waals surface area contributed by atoms with Gasteiger partial charge in [-0.05, 0) is 42.8 Å². The topological polar surface area (TPSA) is 75.3 Å². The van der Waals surface area contributed by atoms with Gasteiger partial charge in [0.05, 0.1) is 10.6 Å². The SMILES string of the molecule is CNC(=O)c1cccc(NS(=O)(=O)c2cccc(Br)c2)c1C. The molecule has 0 radical (unpaired) electrons. The molecular formula is C15H15BrN2O3S. The summed E-state index contributed by atoms with van der Waals surface area (Å²) >= 11 is 3.25. The van der Waals surface area contributed by atoms with Gasteiger partial charge < -0.3 is 5.32 Å². The largest absolute Gasteiger partial charge is 0.355 e. The smallest absolute Gasteiger partial charge is 0.261 e. The summed E-state index contributed by atoms with van der Waals surface area (Å²) in [5.74, 6) is -0.263. The van der Waals surface area contributed by atoms with E-state index in [1.165, 1.54) is 19.2 Å². The number of halogens is 1. The molecule has 7 heteroatoms. The number of benzene rings is 2. The lowest BCUT2D eigenvalue weighted by Crippen LogP contribution is -2.20. The first kappa shape index (κ1) is 16.5. The second kappa shape index (κ2) is 6.50. The van der Waals surface area contributed by atoms with E-state index in [2.05, 4.69) is 26.0 Å². The Morgan fingerprint density at radius 1 is 1.14 bits per heavy atom. The van der Waals surface area contributed by atoms with Gasteiger partial charge in [0.25, 0.3) is 15.9 Å². The van der Waals surface area contributed by atoms with E-state index < -0.39 is 10.0 Å². The zero-order valence-electron chi connectivity index (χ0n) is 12.1. The average molecular weight is 383 g/mol. The summed E-state index contributed by atoms with van der Waals surface area (Å²) in [6.07, 6.45) is 0. The van der Waals surface area contributed by atoms with Crippen LogP contribution in [-0.4, -0.2) is 21.4 Å². The summed E-state index contributed by atoms with van der Waals surface area (Å²) in [6, 6.07) is 11.3. The average Bonchev–Trinajstić information content (AvgIpc) is 2.48. The molecule has 2 rings (SSSR count). The third kappa shape index (κ3) is 3.48. The lowest BCUT2D eigenvalue weighted by Gasteiger charge is -2.13. The Bertz CT molecular complexity index is 819. The van der Waals surface area contributed by atoms with Crippen LogP contribution in [0, 0.1) is 6.92 Å². The van der Waals surface area contributed by atoms with Gasteiger partial charge >= 0.3 is 0 Å². The van der Waals surface area contributed by atoms with Gasteiger partial charge in [-0.2, -0.15) is 0 Å². The minimum Gasteiger partial charge on any atom is -0.355 e. The van der Waals surface area contributed by atoms with E-state index in [4.69, 9.17) is 0 Å². The van der Waals surface area contributed by atoms with Gasteiger partial charge in [-0.1, -0.05) is 28.1 Å². The van der Waals surface area contributed by atoms with Gasteiger partial charge in [0, 0.05) is 17.1 Å². The number of amides is 1. The van der Waals surface area contributed by atoms with Gasteiger partial charge in [-0.25, -0.2) is 8.42 Å². The molecule has 0 aliphatic carbocycles. The van der Waals surface area contributed by atoms with E-state index in [9.17, 15) is 13.2 Å². The van der Waals surface area contributed by atoms with E-state index in [-0.39, 0.29) is 10.8 Å². The molecule has 0 bridgehead atoms. The molecule has 0 saturated carbocycles. The number of hydrogen-bond donors (Lipinski definition) is 2. The number of nitrogens with one attached hydrogen (secondary N) is 2. The highest BCUT2D eigenvalue weighted by Gasteiger charge is 2.17. The zero-order chi connectivity index (χ0) is 16.3. The first-order valence-electron chi connectivity index (χ1n) is 6.45. The van der Waals surface area contributed by atoms with Crippen LogP contribution in [0.15, 0.2) is 51.8 Å². The maximum Gasteiger partial charge on any atom is 0.261 e. The lowest BCUT2D eigenvalue weighted by molar-refractivity contribution is 0.0962. The van der Waals surface area contributed by atoms with Gasteiger partial charge in [0.15, 0.2) is 0 Å². The van der Waals surface area contributed by atoms with Gasteiger partial charge in [-0.15, -0.1) is 0 Å². The molecule has 5 nitrogen and oxygen atoms in total. The van der Waals surface area contributed by atoms with Crippen LogP contribution in [0.1, 0.15) is 15.9 Å². The zero-order valence-corrected chi connectivity index (χ0v) is 14.5. The van der Waals surface area contributed by atoms with Crippen LogP contribution < -0.4 is 10.0 Å². The van der Waals surface area contributed by atoms with Gasteiger partial charge in [0.2, 0.25) is 0 Å². The molecule has 2 aromatic carbocycles. The molecule has 0 aromatic heterocycles. The fraction of sp³-hybridized carbons (Fsp3) is 0.133. The Hall–Kier alpha value is -1.86. The van der Waals surface area contributed by atoms with Crippen LogP contribution in [0.5, 0.6) is 0 Å². The Balaban J connectivity index is 2.40. The number of rotatable bonds is 4. The van der Waals surface area contributed by atoms with Crippen LogP contribution in [0.2, 0.25) is 0 Å². The second-order valence-corrected chi connectivity index (χ2v) is 7.22. The van der Waals surface area contributed by atoms with E-state index in [0.29, 0.717) is 21.3 Å². The number of carbonyl (C=O) groups excluding carboxylic acids is 1. The predicted molar refractivity (Wildman–Crippen MR) is 89.5 cm³/mol. The summed E-state index contributed by atoms with van der Waals surface area (Å²) in [6.45, 7) is 1.70. The normalized spacial score (nSPS) is 11.0. The van der Waals surface area contributed by atoms with E-state index in [1.54, 1.807) is 37.3 Å². The van der Waals surface area contributed by atoms with Crippen LogP contribution in [0.3, 0.4) is 0 Å². The summed E-state index contributed by atoms with van der Waals surface area (Å²) in [5.41, 5.74) is 1.37. The van der Waals surface area contributed by atoms with Crippen molar-refractivity contribution in [3.8, 4) is 0 Å². The molecule has 0 heterocycles. The minimum absolute atomic E-state index is 0.145. The van der Waals surface area contributed by atoms with E-state index in [0.717, 1.165) is 0 Å². The molecule has 0 saturated heterocycles. The van der Waals surface area contributed by atoms with Crippen molar-refractivity contribution in [2.24, 2.45) is 0 Å². The van der Waals surface area contributed by atoms with E-state index in [1.807, 2.05) is 0 Å². The number of sulfonamides is 1. The molecule has 22 heavy (non-hydrogen) atoms. The quantitative estimate of drug-likeness (QED) is 0.853. The van der Waals surface area contributed by atoms with Crippen LogP contribution >= 0.6 is 15.9 Å². The number of hydrogen-bond acceptors (Lipinski definition) is 3. The molecule has 116 valence electrons. The number of carbonyl (C=O) groups is 1. The highest BCUT2D eigenvalue weighted by atomic mass is 79.9. The van der Waals surface area contributed by atoms with Crippen molar-refractivity contribution in [2.75, 3.05) is 11.8 Å². The monoisotopic (exact) mass is 382 g/mol. The van der Waals surface area contributed by atoms with Crippen molar-refractivity contribution < 1.29 is 13.2 Å². The van der Waals surface area contributed by atoms with Crippen molar-refractivity contribution in [3.63, 3.8) is 0 Å². The Labute approximate surface area is 137 Å². The van der Waals surface area contributed by atoms with Crippen molar-refractivity contribution in [3.05, 3.63) is 58.1 Å². The molecule has 0 spiro atoms. The van der Waals surface area contributed by atoms with Gasteiger partial charge in [-0.3, -0.25) is 9.52 Å². The number of anilines is 1. The van der Waals surface area contributed by atoms with E-state index >= 15 is 0 Å². The van der Waals surface area contributed by atoms with Crippen LogP contribution in [-0.2, 0) is 10.0 Å². The van der Waals surface area contributed by atoms with Crippen molar-refractivity contribution in [1.29, 1.82) is 0 Å². The third-order valence-electron chi connectivity index (χ3n) is 3.16. The summed E-state index contributed by atoms with van der Waals surface area (Å²) in [7, 11) is -2.19. The third-order valence-corrected chi connectivity index (χ3v) is 5.01. The van der Waals surface area contributed by atoms with Crippen molar-refractivity contribution in [1.82, 2.24) is 5.32 Å². The maximum atomic E-state index is 12.4. The molecule has 2 aromatic rings. The molecule has 1 amide bonds. The Morgan fingerprint density at radius 2 is 1.82 bits per heavy atom. The highest BCUT2D eigenvalue weighted by Crippen LogP contribution is 2.23. The summed E-state index contributed by atoms with van der Waals surface area (Å²) in [5, 5.41) is 2.53. The van der Waals surface area contributed by atoms with Gasteiger partial charge in [0.1, 0.15) is 0 Å². The fourth-order valence-electron chi connectivity index (χ4n) is 1.96. The minimum atomic E-state index is -3.72. The highest BCUT2D eigenvalue weighted by molar-refractivity contribution is 9.10. The fourth-order valence-corrected chi connectivity index (χ4v) is 3.68. The standard InChI is InChI=1S/C15H15BrN2O3S/c1-10-13(15(19)17-2)7-4-8-14(10)18-22(20,21)12-6-3-5-11(16)9-12/h3-9,18H,1-2H3,(H,17,19). The molecular weight excluding hydrogens is 368 g/mol. The molecule has 0 aliphatic heterocycles. The second-order valence-electron chi connectivity index (χ2n) is 4.62. The Kier molecular flexibility index (Phi) is 4.87. The summed E-state index contributed by atoms with van der Waals surface area (Å²) < 4.78 is 28.0. The molecule has 0 unspecified atom stereocenters. The summed E-state index contributed by atoms with van der Waals surface area (Å²) in [4.78, 5) is 11.9. The molecule has 0 fully saturated rings. The van der Waals surface area contributed by atoms with Crippen LogP contribution in [0.25, 0.3) is 0 Å². The molecule has 0 aliphatic rings. The predicted octanol–water partition coefficient (Wildman–Crippen LogP) is 2.92. The van der Waals surface area contributed by atoms with Crippen LogP contribution in [0.4, 0.5) is 5.69 Å². The molecule has 2 N–H and O–H groups in total. The maximum absolute atomic E-state index is 12.4. The Morgan fingerprint density at radius 3 is 2.45 bits per heavy atom. The van der Waals surface area contributed by atoms with Crippen molar-refractivity contribution >= 4 is 37.5 Å².